The van der Waals surface area contributed by atoms with Crippen LogP contribution >= 0.6 is 11.3 Å². The molecule has 78 valence electrons. The number of ether oxygens (including phenoxy) is 1. The van der Waals surface area contributed by atoms with Gasteiger partial charge in [0.2, 0.25) is 0 Å². The van der Waals surface area contributed by atoms with E-state index in [-0.39, 0.29) is 12.1 Å². The number of anilines is 1. The third-order valence-corrected chi connectivity index (χ3v) is 2.14. The number of nitrogens with zero attached hydrogens (tertiary/aromatic N) is 1. The summed E-state index contributed by atoms with van der Waals surface area (Å²) in [6, 6.07) is -0.274. The van der Waals surface area contributed by atoms with Crippen LogP contribution in [-0.2, 0) is 4.74 Å². The number of methoxy groups -OCH3 is 1. The average molecular weight is 215 g/mol. The van der Waals surface area contributed by atoms with Crippen molar-refractivity contribution in [2.45, 2.75) is 13.0 Å². The van der Waals surface area contributed by atoms with Gasteiger partial charge in [-0.1, -0.05) is 0 Å². The molecule has 2 amide bonds. The Morgan fingerprint density at radius 2 is 2.57 bits per heavy atom. The van der Waals surface area contributed by atoms with Crippen LogP contribution in [0.5, 0.6) is 0 Å². The topological polar surface area (TPSA) is 63.2 Å². The van der Waals surface area contributed by atoms with Crippen molar-refractivity contribution in [3.05, 3.63) is 11.6 Å². The Morgan fingerprint density at radius 3 is 3.14 bits per heavy atom. The monoisotopic (exact) mass is 215 g/mol. The summed E-state index contributed by atoms with van der Waals surface area (Å²) in [5, 5.41) is 7.71. The first-order valence-electron chi connectivity index (χ1n) is 4.18. The van der Waals surface area contributed by atoms with Crippen molar-refractivity contribution >= 4 is 22.5 Å². The van der Waals surface area contributed by atoms with E-state index in [9.17, 15) is 4.79 Å². The largest absolute Gasteiger partial charge is 0.383 e. The number of nitrogens with one attached hydrogen (secondary N) is 2. The van der Waals surface area contributed by atoms with Crippen LogP contribution in [-0.4, -0.2) is 30.8 Å². The van der Waals surface area contributed by atoms with Gasteiger partial charge in [-0.3, -0.25) is 5.32 Å². The lowest BCUT2D eigenvalue weighted by molar-refractivity contribution is 0.173. The van der Waals surface area contributed by atoms with Gasteiger partial charge in [0.15, 0.2) is 5.13 Å². The van der Waals surface area contributed by atoms with Gasteiger partial charge < -0.3 is 10.1 Å². The van der Waals surface area contributed by atoms with Gasteiger partial charge >= 0.3 is 6.03 Å². The lowest BCUT2D eigenvalue weighted by Gasteiger charge is -2.12. The number of carbonyl (C=O) groups is 1. The van der Waals surface area contributed by atoms with Crippen LogP contribution in [0.4, 0.5) is 9.93 Å². The Hall–Kier alpha value is -1.14. The van der Waals surface area contributed by atoms with E-state index in [1.54, 1.807) is 18.7 Å². The Labute approximate surface area is 86.5 Å². The lowest BCUT2D eigenvalue weighted by Crippen LogP contribution is -2.38. The van der Waals surface area contributed by atoms with Gasteiger partial charge in [-0.2, -0.15) is 0 Å². The third kappa shape index (κ3) is 3.71. The highest BCUT2D eigenvalue weighted by Crippen LogP contribution is 2.09. The molecule has 1 rings (SSSR count). The number of urea groups is 1. The van der Waals surface area contributed by atoms with Gasteiger partial charge in [-0.25, -0.2) is 9.78 Å². The molecule has 0 aliphatic carbocycles. The highest BCUT2D eigenvalue weighted by atomic mass is 32.1. The molecular weight excluding hydrogens is 202 g/mol. The zero-order valence-corrected chi connectivity index (χ0v) is 8.93. The predicted octanol–water partition coefficient (Wildman–Crippen LogP) is 1.30. The number of rotatable bonds is 4. The molecule has 0 spiro atoms. The molecule has 2 N–H and O–H groups in total. The normalized spacial score (nSPS) is 12.1. The van der Waals surface area contributed by atoms with E-state index >= 15 is 0 Å². The third-order valence-electron chi connectivity index (χ3n) is 1.45. The van der Waals surface area contributed by atoms with Crippen LogP contribution in [0.15, 0.2) is 11.6 Å². The van der Waals surface area contributed by atoms with Crippen LogP contribution in [0.1, 0.15) is 6.92 Å². The SMILES string of the molecule is COCC(C)NC(=O)Nc1nccs1. The van der Waals surface area contributed by atoms with E-state index in [0.717, 1.165) is 0 Å². The number of hydrogen-bond acceptors (Lipinski definition) is 4. The number of thiazole rings is 1. The maximum atomic E-state index is 11.3. The summed E-state index contributed by atoms with van der Waals surface area (Å²) >= 11 is 1.38. The second-order valence-electron chi connectivity index (χ2n) is 2.79. The fourth-order valence-corrected chi connectivity index (χ4v) is 1.46. The number of aromatic nitrogens is 1. The van der Waals surface area contributed by atoms with Crippen LogP contribution in [0, 0.1) is 0 Å². The molecule has 0 saturated carbocycles. The molecule has 0 saturated heterocycles. The second-order valence-corrected chi connectivity index (χ2v) is 3.69. The Kier molecular flexibility index (Phi) is 4.34. The van der Waals surface area contributed by atoms with Gasteiger partial charge in [-0.15, -0.1) is 11.3 Å². The minimum atomic E-state index is -0.260. The zero-order valence-electron chi connectivity index (χ0n) is 8.11. The zero-order chi connectivity index (χ0) is 10.4. The van der Waals surface area contributed by atoms with Gasteiger partial charge in [0.25, 0.3) is 0 Å². The molecular formula is C8H13N3O2S. The first-order chi connectivity index (χ1) is 6.72. The molecule has 14 heavy (non-hydrogen) atoms. The number of carbonyl (C=O) groups excluding carboxylic acids is 1. The van der Waals surface area contributed by atoms with Crippen molar-refractivity contribution in [2.75, 3.05) is 19.0 Å². The van der Waals surface area contributed by atoms with Crippen LogP contribution in [0.25, 0.3) is 0 Å². The molecule has 1 aromatic heterocycles. The van der Waals surface area contributed by atoms with Gasteiger partial charge in [-0.05, 0) is 6.92 Å². The minimum absolute atomic E-state index is 0.0139. The molecule has 1 aromatic rings. The van der Waals surface area contributed by atoms with Crippen molar-refractivity contribution in [3.8, 4) is 0 Å². The smallest absolute Gasteiger partial charge is 0.321 e. The van der Waals surface area contributed by atoms with Crippen LogP contribution < -0.4 is 10.6 Å². The number of amides is 2. The van der Waals surface area contributed by atoms with E-state index in [2.05, 4.69) is 15.6 Å². The molecule has 0 fully saturated rings. The Morgan fingerprint density at radius 1 is 1.79 bits per heavy atom. The highest BCUT2D eigenvalue weighted by Gasteiger charge is 2.07. The Bertz CT molecular complexity index is 276. The second kappa shape index (κ2) is 5.56. The van der Waals surface area contributed by atoms with Crippen molar-refractivity contribution in [3.63, 3.8) is 0 Å². The maximum Gasteiger partial charge on any atom is 0.321 e. The molecule has 0 aliphatic heterocycles. The summed E-state index contributed by atoms with van der Waals surface area (Å²) in [5.74, 6) is 0. The maximum absolute atomic E-state index is 11.3. The summed E-state index contributed by atoms with van der Waals surface area (Å²) in [5.41, 5.74) is 0. The van der Waals surface area contributed by atoms with Gasteiger partial charge in [0, 0.05) is 18.7 Å². The fourth-order valence-electron chi connectivity index (χ4n) is 0.934. The van der Waals surface area contributed by atoms with Gasteiger partial charge in [0.1, 0.15) is 0 Å². The van der Waals surface area contributed by atoms with Crippen LogP contribution in [0.2, 0.25) is 0 Å². The lowest BCUT2D eigenvalue weighted by atomic mass is 10.4. The first kappa shape index (κ1) is 10.9. The first-order valence-corrected chi connectivity index (χ1v) is 5.06. The highest BCUT2D eigenvalue weighted by molar-refractivity contribution is 7.13. The molecule has 6 heteroatoms. The molecule has 1 atom stereocenters. The molecule has 5 nitrogen and oxygen atoms in total. The van der Waals surface area contributed by atoms with Crippen molar-refractivity contribution in [1.29, 1.82) is 0 Å². The average Bonchev–Trinajstić information content (AvgIpc) is 2.56. The molecule has 0 bridgehead atoms. The summed E-state index contributed by atoms with van der Waals surface area (Å²) in [6.45, 7) is 2.36. The molecule has 1 heterocycles. The summed E-state index contributed by atoms with van der Waals surface area (Å²) in [7, 11) is 1.59. The standard InChI is InChI=1S/C8H13N3O2S/c1-6(5-13-2)10-7(12)11-8-9-3-4-14-8/h3-4,6H,5H2,1-2H3,(H2,9,10,11,12). The van der Waals surface area contributed by atoms with E-state index in [4.69, 9.17) is 4.74 Å². The van der Waals surface area contributed by atoms with E-state index in [0.29, 0.717) is 11.7 Å². The van der Waals surface area contributed by atoms with Crippen molar-refractivity contribution < 1.29 is 9.53 Å². The van der Waals surface area contributed by atoms with Crippen molar-refractivity contribution in [1.82, 2.24) is 10.3 Å². The van der Waals surface area contributed by atoms with Crippen molar-refractivity contribution in [2.24, 2.45) is 0 Å². The predicted molar refractivity (Wildman–Crippen MR) is 55.6 cm³/mol. The quantitative estimate of drug-likeness (QED) is 0.795. The van der Waals surface area contributed by atoms with E-state index in [1.807, 2.05) is 6.92 Å². The minimum Gasteiger partial charge on any atom is -0.383 e. The Balaban J connectivity index is 2.29. The van der Waals surface area contributed by atoms with E-state index in [1.165, 1.54) is 11.3 Å². The summed E-state index contributed by atoms with van der Waals surface area (Å²) in [4.78, 5) is 15.2. The van der Waals surface area contributed by atoms with E-state index < -0.39 is 0 Å². The summed E-state index contributed by atoms with van der Waals surface area (Å²) in [6.07, 6.45) is 1.64. The molecule has 0 aromatic carbocycles. The summed E-state index contributed by atoms with van der Waals surface area (Å²) < 4.78 is 4.88. The fraction of sp³-hybridized carbons (Fsp3) is 0.500. The molecule has 1 unspecified atom stereocenters. The van der Waals surface area contributed by atoms with Crippen LogP contribution in [0.3, 0.4) is 0 Å². The number of hydrogen-bond donors (Lipinski definition) is 2. The molecule has 0 radical (unpaired) electrons. The van der Waals surface area contributed by atoms with Gasteiger partial charge in [0.05, 0.1) is 12.6 Å². The molecule has 0 aliphatic rings.